The van der Waals surface area contributed by atoms with Gasteiger partial charge in [0.1, 0.15) is 5.76 Å². The Balaban J connectivity index is 1.40. The molecule has 31 heavy (non-hydrogen) atoms. The fraction of sp³-hybridized carbons (Fsp3) is 0.182. The third-order valence-electron chi connectivity index (χ3n) is 4.41. The minimum absolute atomic E-state index is 0.115. The molecular weight excluding hydrogens is 434 g/mol. The Morgan fingerprint density at radius 1 is 1.06 bits per heavy atom. The molecule has 0 spiro atoms. The van der Waals surface area contributed by atoms with Crippen molar-refractivity contribution in [2.45, 2.75) is 31.3 Å². The van der Waals surface area contributed by atoms with Crippen LogP contribution in [0.3, 0.4) is 0 Å². The van der Waals surface area contributed by atoms with Crippen LogP contribution in [-0.2, 0) is 16.6 Å². The number of fused-ring (bicyclic) bond motifs is 1. The van der Waals surface area contributed by atoms with Crippen LogP contribution in [0.2, 0.25) is 0 Å². The number of furan rings is 1. The molecule has 0 fully saturated rings. The van der Waals surface area contributed by atoms with Crippen LogP contribution in [0.1, 0.15) is 30.0 Å². The van der Waals surface area contributed by atoms with Crippen LogP contribution in [-0.4, -0.2) is 25.4 Å². The van der Waals surface area contributed by atoms with E-state index in [1.54, 1.807) is 31.3 Å². The van der Waals surface area contributed by atoms with Gasteiger partial charge in [-0.25, -0.2) is 18.1 Å². The average molecular weight is 456 g/mol. The maximum atomic E-state index is 12.4. The number of benzene rings is 2. The van der Waals surface area contributed by atoms with Crippen molar-refractivity contribution in [1.29, 1.82) is 0 Å². The van der Waals surface area contributed by atoms with Gasteiger partial charge in [-0.2, -0.15) is 0 Å². The molecule has 0 bridgehead atoms. The van der Waals surface area contributed by atoms with Gasteiger partial charge in [-0.15, -0.1) is 11.3 Å². The van der Waals surface area contributed by atoms with Crippen LogP contribution in [0.25, 0.3) is 21.0 Å². The predicted molar refractivity (Wildman–Crippen MR) is 120 cm³/mol. The zero-order valence-electron chi connectivity index (χ0n) is 17.0. The molecule has 0 aliphatic heterocycles. The lowest BCUT2D eigenvalue weighted by atomic mass is 10.2. The zero-order chi connectivity index (χ0) is 22.0. The number of hydrogen-bond donors (Lipinski definition) is 2. The predicted octanol–water partition coefficient (Wildman–Crippen LogP) is 4.17. The lowest BCUT2D eigenvalue weighted by Gasteiger charge is -2.10. The Morgan fingerprint density at radius 3 is 2.52 bits per heavy atom. The number of aromatic nitrogens is 1. The van der Waals surface area contributed by atoms with Gasteiger partial charge in [-0.05, 0) is 62.4 Å². The number of rotatable bonds is 7. The van der Waals surface area contributed by atoms with E-state index in [-0.39, 0.29) is 23.4 Å². The number of thiazole rings is 1. The first-order valence-electron chi connectivity index (χ1n) is 9.67. The van der Waals surface area contributed by atoms with Crippen LogP contribution in [0, 0.1) is 0 Å². The van der Waals surface area contributed by atoms with Crippen molar-refractivity contribution in [1.82, 2.24) is 15.0 Å². The van der Waals surface area contributed by atoms with Crippen molar-refractivity contribution < 1.29 is 17.6 Å². The quantitative estimate of drug-likeness (QED) is 0.435. The number of carbonyl (C=O) groups excluding carboxylic acids is 1. The first kappa shape index (κ1) is 21.2. The third-order valence-corrected chi connectivity index (χ3v) is 7.13. The number of nitrogens with zero attached hydrogens (tertiary/aromatic N) is 1. The van der Waals surface area contributed by atoms with Gasteiger partial charge in [-0.1, -0.05) is 12.1 Å². The van der Waals surface area contributed by atoms with Crippen molar-refractivity contribution in [3.05, 3.63) is 72.0 Å². The minimum Gasteiger partial charge on any atom is -0.457 e. The smallest absolute Gasteiger partial charge is 0.251 e. The van der Waals surface area contributed by atoms with Gasteiger partial charge in [0.15, 0.2) is 10.8 Å². The summed E-state index contributed by atoms with van der Waals surface area (Å²) in [7, 11) is -3.59. The third kappa shape index (κ3) is 4.84. The Labute approximate surface area is 184 Å². The average Bonchev–Trinajstić information content (AvgIpc) is 3.38. The first-order chi connectivity index (χ1) is 14.8. The monoisotopic (exact) mass is 455 g/mol. The molecule has 9 heteroatoms. The number of hydrogen-bond acceptors (Lipinski definition) is 6. The molecule has 0 saturated carbocycles. The molecule has 0 aliphatic rings. The largest absolute Gasteiger partial charge is 0.457 e. The van der Waals surface area contributed by atoms with Gasteiger partial charge >= 0.3 is 0 Å². The van der Waals surface area contributed by atoms with Gasteiger partial charge in [0.05, 0.1) is 21.7 Å². The molecule has 2 aromatic carbocycles. The number of para-hydroxylation sites is 1. The Bertz CT molecular complexity index is 1290. The molecule has 4 aromatic rings. The van der Waals surface area contributed by atoms with E-state index in [0.717, 1.165) is 15.2 Å². The fourth-order valence-electron chi connectivity index (χ4n) is 3.00. The Hall–Kier alpha value is -3.01. The highest BCUT2D eigenvalue weighted by Crippen LogP contribution is 2.31. The maximum Gasteiger partial charge on any atom is 0.251 e. The van der Waals surface area contributed by atoms with E-state index in [4.69, 9.17) is 4.42 Å². The fourth-order valence-corrected chi connectivity index (χ4v) is 5.18. The molecule has 2 heterocycles. The molecule has 7 nitrogen and oxygen atoms in total. The molecule has 0 atom stereocenters. The van der Waals surface area contributed by atoms with Crippen molar-refractivity contribution in [2.24, 2.45) is 0 Å². The second-order valence-electron chi connectivity index (χ2n) is 7.24. The van der Waals surface area contributed by atoms with Crippen LogP contribution in [0.5, 0.6) is 0 Å². The summed E-state index contributed by atoms with van der Waals surface area (Å²) >= 11 is 1.55. The molecule has 4 rings (SSSR count). The zero-order valence-corrected chi connectivity index (χ0v) is 18.6. The van der Waals surface area contributed by atoms with Crippen molar-refractivity contribution in [3.8, 4) is 10.8 Å². The summed E-state index contributed by atoms with van der Waals surface area (Å²) in [6, 6.07) is 17.1. The highest BCUT2D eigenvalue weighted by atomic mass is 32.2. The topological polar surface area (TPSA) is 101 Å². The summed E-state index contributed by atoms with van der Waals surface area (Å²) in [4.78, 5) is 17.1. The molecule has 0 saturated heterocycles. The summed E-state index contributed by atoms with van der Waals surface area (Å²) in [5, 5.41) is 3.57. The summed E-state index contributed by atoms with van der Waals surface area (Å²) in [6.45, 7) is 3.70. The molecule has 2 aromatic heterocycles. The lowest BCUT2D eigenvalue weighted by molar-refractivity contribution is 0.0948. The van der Waals surface area contributed by atoms with E-state index < -0.39 is 10.0 Å². The van der Waals surface area contributed by atoms with Crippen LogP contribution >= 0.6 is 11.3 Å². The minimum atomic E-state index is -3.59. The molecule has 1 amide bonds. The van der Waals surface area contributed by atoms with E-state index in [0.29, 0.717) is 17.1 Å². The molecular formula is C22H21N3O4S2. The Kier molecular flexibility index (Phi) is 5.90. The molecule has 2 N–H and O–H groups in total. The highest BCUT2D eigenvalue weighted by molar-refractivity contribution is 7.89. The van der Waals surface area contributed by atoms with E-state index in [1.807, 2.05) is 30.3 Å². The van der Waals surface area contributed by atoms with E-state index in [1.165, 1.54) is 24.3 Å². The van der Waals surface area contributed by atoms with Crippen LogP contribution in [0.15, 0.2) is 70.0 Å². The second-order valence-corrected chi connectivity index (χ2v) is 9.98. The van der Waals surface area contributed by atoms with Gasteiger partial charge in [-0.3, -0.25) is 4.79 Å². The van der Waals surface area contributed by atoms with E-state index in [9.17, 15) is 13.2 Å². The van der Waals surface area contributed by atoms with Gasteiger partial charge in [0.2, 0.25) is 10.0 Å². The summed E-state index contributed by atoms with van der Waals surface area (Å²) < 4.78 is 33.8. The number of sulfonamides is 1. The molecule has 0 radical (unpaired) electrons. The van der Waals surface area contributed by atoms with Gasteiger partial charge in [0.25, 0.3) is 5.91 Å². The van der Waals surface area contributed by atoms with Gasteiger partial charge in [0, 0.05) is 11.6 Å². The second kappa shape index (κ2) is 8.62. The summed E-state index contributed by atoms with van der Waals surface area (Å²) in [5.74, 6) is 0.930. The first-order valence-corrected chi connectivity index (χ1v) is 12.0. The molecule has 0 unspecified atom stereocenters. The molecule has 0 aliphatic carbocycles. The van der Waals surface area contributed by atoms with E-state index in [2.05, 4.69) is 15.0 Å². The highest BCUT2D eigenvalue weighted by Gasteiger charge is 2.16. The van der Waals surface area contributed by atoms with Gasteiger partial charge < -0.3 is 9.73 Å². The van der Waals surface area contributed by atoms with Crippen molar-refractivity contribution >= 4 is 37.5 Å². The normalized spacial score (nSPS) is 11.8. The molecule has 160 valence electrons. The van der Waals surface area contributed by atoms with Crippen LogP contribution < -0.4 is 10.0 Å². The Morgan fingerprint density at radius 2 is 1.81 bits per heavy atom. The summed E-state index contributed by atoms with van der Waals surface area (Å²) in [5.41, 5.74) is 1.28. The SMILES string of the molecule is CC(C)NS(=O)(=O)c1ccc(C(=O)NCc2ccc(-c3nc4ccccc4s3)o2)cc1. The maximum absolute atomic E-state index is 12.4. The number of amides is 1. The van der Waals surface area contributed by atoms with Crippen molar-refractivity contribution in [3.63, 3.8) is 0 Å². The summed E-state index contributed by atoms with van der Waals surface area (Å²) in [6.07, 6.45) is 0. The van der Waals surface area contributed by atoms with Crippen LogP contribution in [0.4, 0.5) is 0 Å². The lowest BCUT2D eigenvalue weighted by Crippen LogP contribution is -2.30. The number of nitrogens with one attached hydrogen (secondary N) is 2. The van der Waals surface area contributed by atoms with E-state index >= 15 is 0 Å². The standard InChI is InChI=1S/C22H21N3O4S2/c1-14(2)25-31(27,28)17-10-7-15(8-11-17)21(26)23-13-16-9-12-19(29-16)22-24-18-5-3-4-6-20(18)30-22/h3-12,14,25H,13H2,1-2H3,(H,23,26). The van der Waals surface area contributed by atoms with Crippen molar-refractivity contribution in [2.75, 3.05) is 0 Å². The number of carbonyl (C=O) groups is 1.